The van der Waals surface area contributed by atoms with Crippen molar-refractivity contribution < 1.29 is 23.9 Å². The first kappa shape index (κ1) is 16.5. The molecule has 7 nitrogen and oxygen atoms in total. The van der Waals surface area contributed by atoms with Crippen LogP contribution in [0, 0.1) is 0 Å². The van der Waals surface area contributed by atoms with Crippen molar-refractivity contribution in [3.05, 3.63) is 22.6 Å². The second-order valence-corrected chi connectivity index (χ2v) is 6.27. The van der Waals surface area contributed by atoms with Gasteiger partial charge in [-0.15, -0.1) is 0 Å². The van der Waals surface area contributed by atoms with Crippen LogP contribution in [0.3, 0.4) is 0 Å². The minimum atomic E-state index is -1.20. The Kier molecular flexibility index (Phi) is 4.60. The third-order valence-corrected chi connectivity index (χ3v) is 4.33. The van der Waals surface area contributed by atoms with Gasteiger partial charge in [0.05, 0.1) is 6.54 Å². The van der Waals surface area contributed by atoms with E-state index in [9.17, 15) is 19.5 Å². The van der Waals surface area contributed by atoms with E-state index in [1.807, 2.05) is 0 Å². The number of hydrogen-bond donors (Lipinski definition) is 1. The number of nitrogens with zero attached hydrogens (tertiary/aromatic N) is 2. The molecule has 1 unspecified atom stereocenters. The van der Waals surface area contributed by atoms with Crippen LogP contribution in [0.1, 0.15) is 30.3 Å². The van der Waals surface area contributed by atoms with Gasteiger partial charge in [0.25, 0.3) is 5.91 Å². The second-order valence-electron chi connectivity index (χ2n) is 5.49. The first-order valence-corrected chi connectivity index (χ1v) is 7.59. The zero-order valence-corrected chi connectivity index (χ0v) is 13.9. The van der Waals surface area contributed by atoms with Gasteiger partial charge in [-0.05, 0) is 47.8 Å². The minimum Gasteiger partial charge on any atom is -0.480 e. The van der Waals surface area contributed by atoms with Gasteiger partial charge in [-0.25, -0.2) is 4.79 Å². The van der Waals surface area contributed by atoms with Gasteiger partial charge in [-0.3, -0.25) is 9.59 Å². The molecule has 8 heteroatoms. The predicted octanol–water partition coefficient (Wildman–Crippen LogP) is 1.58. The summed E-state index contributed by atoms with van der Waals surface area (Å²) in [4.78, 5) is 38.4. The summed E-state index contributed by atoms with van der Waals surface area (Å²) in [5, 5.41) is 9.32. The predicted molar refractivity (Wildman–Crippen MR) is 80.4 cm³/mol. The minimum absolute atomic E-state index is 0.115. The molecule has 1 saturated heterocycles. The molecule has 2 heterocycles. The lowest BCUT2D eigenvalue weighted by atomic mass is 9.99. The first-order chi connectivity index (χ1) is 10.3. The van der Waals surface area contributed by atoms with Gasteiger partial charge in [-0.1, -0.05) is 0 Å². The Morgan fingerprint density at radius 1 is 1.45 bits per heavy atom. The molecular weight excluding hydrogens is 356 g/mol. The third kappa shape index (κ3) is 3.01. The number of likely N-dealkylation sites (tertiary alicyclic amines) is 1. The van der Waals surface area contributed by atoms with Crippen LogP contribution in [0.15, 0.2) is 21.2 Å². The van der Waals surface area contributed by atoms with E-state index < -0.39 is 17.4 Å². The maximum absolute atomic E-state index is 12.3. The molecule has 1 aliphatic rings. The average Bonchev–Trinajstić information content (AvgIpc) is 3.04. The molecule has 1 N–H and O–H groups in total. The molecule has 1 atom stereocenters. The molecule has 1 fully saturated rings. The van der Waals surface area contributed by atoms with Crippen LogP contribution in [0.25, 0.3) is 0 Å². The summed E-state index contributed by atoms with van der Waals surface area (Å²) in [6.07, 6.45) is 1.05. The molecule has 120 valence electrons. The largest absolute Gasteiger partial charge is 0.480 e. The lowest BCUT2D eigenvalue weighted by Crippen LogP contribution is -2.53. The van der Waals surface area contributed by atoms with Gasteiger partial charge < -0.3 is 19.3 Å². The van der Waals surface area contributed by atoms with Crippen LogP contribution in [-0.4, -0.2) is 58.4 Å². The molecule has 0 spiro atoms. The lowest BCUT2D eigenvalue weighted by molar-refractivity contribution is -0.155. The van der Waals surface area contributed by atoms with E-state index in [1.165, 1.54) is 29.8 Å². The van der Waals surface area contributed by atoms with Crippen molar-refractivity contribution in [3.8, 4) is 0 Å². The summed E-state index contributed by atoms with van der Waals surface area (Å²) in [6.45, 7) is 1.72. The molecule has 0 radical (unpaired) electrons. The van der Waals surface area contributed by atoms with E-state index in [1.54, 1.807) is 6.07 Å². The Morgan fingerprint density at radius 3 is 2.68 bits per heavy atom. The molecule has 0 saturated carbocycles. The summed E-state index contributed by atoms with van der Waals surface area (Å²) in [5.41, 5.74) is -1.20. The van der Waals surface area contributed by atoms with Gasteiger partial charge >= 0.3 is 5.97 Å². The van der Waals surface area contributed by atoms with Crippen LogP contribution in [-0.2, 0) is 9.59 Å². The number of halogens is 1. The second kappa shape index (κ2) is 6.12. The molecule has 1 aromatic heterocycles. The van der Waals surface area contributed by atoms with E-state index in [-0.39, 0.29) is 18.2 Å². The highest BCUT2D eigenvalue weighted by Gasteiger charge is 2.46. The highest BCUT2D eigenvalue weighted by Crippen LogP contribution is 2.29. The SMILES string of the molecule is CN(CC(=O)N1CCCC1(C)C(=O)O)C(=O)c1ccc(Br)o1. The van der Waals surface area contributed by atoms with E-state index in [0.717, 1.165) is 0 Å². The summed E-state index contributed by atoms with van der Waals surface area (Å²) >= 11 is 3.11. The lowest BCUT2D eigenvalue weighted by Gasteiger charge is -2.32. The Labute approximate surface area is 136 Å². The van der Waals surface area contributed by atoms with Crippen molar-refractivity contribution in [3.63, 3.8) is 0 Å². The van der Waals surface area contributed by atoms with Gasteiger partial charge in [0.2, 0.25) is 5.91 Å². The molecule has 22 heavy (non-hydrogen) atoms. The molecule has 2 amide bonds. The molecule has 1 aliphatic heterocycles. The number of aliphatic carboxylic acids is 1. The highest BCUT2D eigenvalue weighted by atomic mass is 79.9. The molecular formula is C14H17BrN2O5. The van der Waals surface area contributed by atoms with Crippen molar-refractivity contribution in [2.24, 2.45) is 0 Å². The molecule has 1 aromatic rings. The Morgan fingerprint density at radius 2 is 2.14 bits per heavy atom. The van der Waals surface area contributed by atoms with E-state index in [0.29, 0.717) is 24.1 Å². The van der Waals surface area contributed by atoms with Gasteiger partial charge in [0, 0.05) is 13.6 Å². The standard InChI is InChI=1S/C14H17BrN2O5/c1-14(13(20)21)6-3-7-17(14)11(18)8-16(2)12(19)9-4-5-10(15)22-9/h4-5H,3,6-8H2,1-2H3,(H,20,21). The summed E-state index contributed by atoms with van der Waals surface area (Å²) < 4.78 is 5.58. The van der Waals surface area contributed by atoms with Gasteiger partial charge in [0.15, 0.2) is 10.4 Å². The van der Waals surface area contributed by atoms with Crippen LogP contribution in [0.4, 0.5) is 0 Å². The molecule has 0 bridgehead atoms. The Bertz CT molecular complexity index is 614. The number of carboxylic acid groups (broad SMARTS) is 1. The number of amides is 2. The molecule has 0 aliphatic carbocycles. The fourth-order valence-electron chi connectivity index (χ4n) is 2.56. The number of furan rings is 1. The zero-order chi connectivity index (χ0) is 16.5. The molecule has 0 aromatic carbocycles. The van der Waals surface area contributed by atoms with Crippen LogP contribution in [0.5, 0.6) is 0 Å². The Hall–Kier alpha value is -1.83. The number of carbonyl (C=O) groups excluding carboxylic acids is 2. The van der Waals surface area contributed by atoms with Crippen molar-refractivity contribution in [1.29, 1.82) is 0 Å². The van der Waals surface area contributed by atoms with Crippen molar-refractivity contribution in [2.45, 2.75) is 25.3 Å². The van der Waals surface area contributed by atoms with Crippen molar-refractivity contribution >= 4 is 33.7 Å². The first-order valence-electron chi connectivity index (χ1n) is 6.80. The van der Waals surface area contributed by atoms with Crippen molar-refractivity contribution in [1.82, 2.24) is 9.80 Å². The maximum Gasteiger partial charge on any atom is 0.329 e. The Balaban J connectivity index is 2.05. The van der Waals surface area contributed by atoms with Crippen LogP contribution >= 0.6 is 15.9 Å². The summed E-state index contributed by atoms with van der Waals surface area (Å²) in [6, 6.07) is 3.09. The maximum atomic E-state index is 12.3. The normalized spacial score (nSPS) is 21.0. The average molecular weight is 373 g/mol. The summed E-state index contributed by atoms with van der Waals surface area (Å²) in [5.74, 6) is -1.73. The molecule has 2 rings (SSSR count). The van der Waals surface area contributed by atoms with Crippen molar-refractivity contribution in [2.75, 3.05) is 20.1 Å². The summed E-state index contributed by atoms with van der Waals surface area (Å²) in [7, 11) is 1.48. The fourth-order valence-corrected chi connectivity index (χ4v) is 2.87. The van der Waals surface area contributed by atoms with Crippen LogP contribution < -0.4 is 0 Å². The third-order valence-electron chi connectivity index (χ3n) is 3.91. The van der Waals surface area contributed by atoms with Crippen LogP contribution in [0.2, 0.25) is 0 Å². The number of carbonyl (C=O) groups is 3. The quantitative estimate of drug-likeness (QED) is 0.866. The smallest absolute Gasteiger partial charge is 0.329 e. The van der Waals surface area contributed by atoms with Gasteiger partial charge in [-0.2, -0.15) is 0 Å². The van der Waals surface area contributed by atoms with E-state index >= 15 is 0 Å². The van der Waals surface area contributed by atoms with Gasteiger partial charge in [0.1, 0.15) is 5.54 Å². The number of rotatable bonds is 4. The van der Waals surface area contributed by atoms with E-state index in [4.69, 9.17) is 4.42 Å². The van der Waals surface area contributed by atoms with E-state index in [2.05, 4.69) is 15.9 Å². The number of hydrogen-bond acceptors (Lipinski definition) is 4. The monoisotopic (exact) mass is 372 g/mol. The number of likely N-dealkylation sites (N-methyl/N-ethyl adjacent to an activating group) is 1. The zero-order valence-electron chi connectivity index (χ0n) is 12.3. The topological polar surface area (TPSA) is 91.1 Å². The number of carboxylic acids is 1. The highest BCUT2D eigenvalue weighted by molar-refractivity contribution is 9.10. The fraction of sp³-hybridized carbons (Fsp3) is 0.500.